The molecule has 4 atom stereocenters. The van der Waals surface area contributed by atoms with Crippen molar-refractivity contribution in [3.8, 4) is 0 Å². The number of nitrogens with two attached hydrogens (primary N) is 3. The van der Waals surface area contributed by atoms with Crippen molar-refractivity contribution >= 4 is 34.6 Å². The molecule has 1 aromatic carbocycles. The Balaban J connectivity index is 2.14. The highest BCUT2D eigenvalue weighted by atomic mass is 16.4. The number of benzene rings is 1. The van der Waals surface area contributed by atoms with Crippen molar-refractivity contribution in [1.82, 2.24) is 15.6 Å². The van der Waals surface area contributed by atoms with Crippen molar-refractivity contribution < 1.29 is 24.6 Å². The van der Waals surface area contributed by atoms with Crippen LogP contribution in [0, 0.1) is 0 Å². The summed E-state index contributed by atoms with van der Waals surface area (Å²) in [6.07, 6.45) is 1.06. The number of aliphatic hydroxyl groups is 1. The Kier molecular flexibility index (Phi) is 9.18. The Morgan fingerprint density at radius 3 is 2.42 bits per heavy atom. The molecule has 0 saturated carbocycles. The van der Waals surface area contributed by atoms with E-state index >= 15 is 0 Å². The monoisotopic (exact) mass is 461 g/mol. The standard InChI is InChI=1S/C21H31N7O5/c1-11(29)17(22)19(31)27-15(7-4-8-25-21(23)24)18(30)28-16(20(32)33)9-12-10-26-14-6-3-2-5-13(12)14/h2-3,5-6,10-11,15-17,26,29H,4,7-9,22H2,1H3,(H,27,31)(H,28,30)(H,32,33)(H4,23,24,25)/t11-,15+,16+,17+/m1/s1. The van der Waals surface area contributed by atoms with Crippen LogP contribution in [0.1, 0.15) is 25.3 Å². The predicted molar refractivity (Wildman–Crippen MR) is 123 cm³/mol. The van der Waals surface area contributed by atoms with Crippen molar-refractivity contribution in [2.24, 2.45) is 22.2 Å². The van der Waals surface area contributed by atoms with Gasteiger partial charge in [0.2, 0.25) is 11.8 Å². The first-order chi connectivity index (χ1) is 15.6. The molecule has 0 fully saturated rings. The molecule has 12 heteroatoms. The van der Waals surface area contributed by atoms with E-state index in [1.165, 1.54) is 6.92 Å². The van der Waals surface area contributed by atoms with Crippen LogP contribution in [0.15, 0.2) is 35.5 Å². The summed E-state index contributed by atoms with van der Waals surface area (Å²) in [5, 5.41) is 25.0. The van der Waals surface area contributed by atoms with Gasteiger partial charge in [0.05, 0.1) is 6.10 Å². The lowest BCUT2D eigenvalue weighted by Gasteiger charge is -2.23. The topological polar surface area (TPSA) is 222 Å². The van der Waals surface area contributed by atoms with Gasteiger partial charge in [-0.3, -0.25) is 14.6 Å². The number of aliphatic hydroxyl groups excluding tert-OH is 1. The predicted octanol–water partition coefficient (Wildman–Crippen LogP) is -1.47. The molecule has 33 heavy (non-hydrogen) atoms. The number of nitrogens with one attached hydrogen (secondary N) is 3. The highest BCUT2D eigenvalue weighted by Crippen LogP contribution is 2.19. The maximum Gasteiger partial charge on any atom is 0.326 e. The van der Waals surface area contributed by atoms with Crippen LogP contribution in [0.3, 0.4) is 0 Å². The van der Waals surface area contributed by atoms with Gasteiger partial charge in [0.1, 0.15) is 18.1 Å². The van der Waals surface area contributed by atoms with Gasteiger partial charge in [0.25, 0.3) is 0 Å². The Morgan fingerprint density at radius 2 is 1.79 bits per heavy atom. The number of rotatable bonds is 12. The SMILES string of the molecule is C[C@@H](O)[C@H](N)C(=O)N[C@@H](CCCN=C(N)N)C(=O)N[C@@H](Cc1c[nH]c2ccccc12)C(=O)O. The van der Waals surface area contributed by atoms with Gasteiger partial charge < -0.3 is 43.0 Å². The molecule has 2 aromatic rings. The van der Waals surface area contributed by atoms with Gasteiger partial charge in [-0.1, -0.05) is 18.2 Å². The number of nitrogens with zero attached hydrogens (tertiary/aromatic N) is 1. The Hall–Kier alpha value is -3.64. The molecule has 0 unspecified atom stereocenters. The number of carbonyl (C=O) groups is 3. The van der Waals surface area contributed by atoms with Crippen LogP contribution in [-0.4, -0.2) is 69.7 Å². The molecule has 0 aliphatic carbocycles. The number of carboxylic acid groups (broad SMARTS) is 1. The first-order valence-electron chi connectivity index (χ1n) is 10.5. The van der Waals surface area contributed by atoms with E-state index in [1.807, 2.05) is 24.3 Å². The molecule has 2 rings (SSSR count). The second-order valence-electron chi connectivity index (χ2n) is 7.74. The average molecular weight is 462 g/mol. The van der Waals surface area contributed by atoms with E-state index in [0.717, 1.165) is 16.5 Å². The van der Waals surface area contributed by atoms with Gasteiger partial charge in [-0.25, -0.2) is 4.79 Å². The summed E-state index contributed by atoms with van der Waals surface area (Å²) in [5.74, 6) is -2.77. The summed E-state index contributed by atoms with van der Waals surface area (Å²) in [6.45, 7) is 1.56. The third-order valence-corrected chi connectivity index (χ3v) is 5.11. The number of guanidine groups is 1. The normalized spacial score (nSPS) is 14.6. The number of fused-ring (bicyclic) bond motifs is 1. The van der Waals surface area contributed by atoms with Crippen LogP contribution in [0.25, 0.3) is 10.9 Å². The number of aliphatic carboxylic acids is 1. The Labute approximate surface area is 190 Å². The molecule has 0 spiro atoms. The third-order valence-electron chi connectivity index (χ3n) is 5.11. The smallest absolute Gasteiger partial charge is 0.326 e. The van der Waals surface area contributed by atoms with E-state index in [4.69, 9.17) is 17.2 Å². The van der Waals surface area contributed by atoms with E-state index in [-0.39, 0.29) is 25.3 Å². The molecular formula is C21H31N7O5. The molecule has 0 aliphatic rings. The fraction of sp³-hybridized carbons (Fsp3) is 0.429. The fourth-order valence-corrected chi connectivity index (χ4v) is 3.25. The maximum absolute atomic E-state index is 12.9. The summed E-state index contributed by atoms with van der Waals surface area (Å²) in [4.78, 5) is 44.0. The molecule has 180 valence electrons. The molecule has 12 nitrogen and oxygen atoms in total. The second kappa shape index (κ2) is 11.8. The van der Waals surface area contributed by atoms with Crippen LogP contribution < -0.4 is 27.8 Å². The lowest BCUT2D eigenvalue weighted by molar-refractivity contribution is -0.142. The first-order valence-corrected chi connectivity index (χ1v) is 10.5. The lowest BCUT2D eigenvalue weighted by atomic mass is 10.0. The maximum atomic E-state index is 12.9. The average Bonchev–Trinajstić information content (AvgIpc) is 3.17. The van der Waals surface area contributed by atoms with Gasteiger partial charge in [-0.15, -0.1) is 0 Å². The number of carbonyl (C=O) groups excluding carboxylic acids is 2. The number of para-hydroxylation sites is 1. The van der Waals surface area contributed by atoms with Crippen molar-refractivity contribution in [2.75, 3.05) is 6.54 Å². The second-order valence-corrected chi connectivity index (χ2v) is 7.74. The molecule has 1 heterocycles. The molecule has 1 aromatic heterocycles. The molecule has 2 amide bonds. The molecule has 0 bridgehead atoms. The van der Waals surface area contributed by atoms with Crippen molar-refractivity contribution in [2.45, 2.75) is 50.4 Å². The van der Waals surface area contributed by atoms with Crippen LogP contribution in [0.4, 0.5) is 0 Å². The molecule has 0 saturated heterocycles. The Morgan fingerprint density at radius 1 is 1.12 bits per heavy atom. The molecule has 0 radical (unpaired) electrons. The van der Waals surface area contributed by atoms with Crippen LogP contribution in [-0.2, 0) is 20.8 Å². The summed E-state index contributed by atoms with van der Waals surface area (Å²) in [7, 11) is 0. The summed E-state index contributed by atoms with van der Waals surface area (Å²) < 4.78 is 0. The minimum absolute atomic E-state index is 0.0347. The van der Waals surface area contributed by atoms with Gasteiger partial charge in [-0.2, -0.15) is 0 Å². The number of amides is 2. The zero-order valence-corrected chi connectivity index (χ0v) is 18.3. The highest BCUT2D eigenvalue weighted by Gasteiger charge is 2.29. The van der Waals surface area contributed by atoms with Crippen LogP contribution in [0.2, 0.25) is 0 Å². The number of hydrogen-bond acceptors (Lipinski definition) is 6. The van der Waals surface area contributed by atoms with Crippen molar-refractivity contribution in [3.05, 3.63) is 36.0 Å². The molecule has 11 N–H and O–H groups in total. The summed E-state index contributed by atoms with van der Waals surface area (Å²) in [5.41, 5.74) is 17.8. The largest absolute Gasteiger partial charge is 0.480 e. The third kappa shape index (κ3) is 7.47. The van der Waals surface area contributed by atoms with E-state index in [9.17, 15) is 24.6 Å². The zero-order valence-electron chi connectivity index (χ0n) is 18.3. The number of H-pyrrole nitrogens is 1. The number of aromatic amines is 1. The van der Waals surface area contributed by atoms with E-state index < -0.39 is 42.0 Å². The molecular weight excluding hydrogens is 430 g/mol. The van der Waals surface area contributed by atoms with Crippen molar-refractivity contribution in [3.63, 3.8) is 0 Å². The first kappa shape index (κ1) is 25.6. The minimum Gasteiger partial charge on any atom is -0.480 e. The van der Waals surface area contributed by atoms with Crippen LogP contribution in [0.5, 0.6) is 0 Å². The number of aromatic nitrogens is 1. The van der Waals surface area contributed by atoms with E-state index in [2.05, 4.69) is 20.6 Å². The van der Waals surface area contributed by atoms with Gasteiger partial charge in [0.15, 0.2) is 5.96 Å². The minimum atomic E-state index is -1.25. The Bertz CT molecular complexity index is 1000. The van der Waals surface area contributed by atoms with Crippen LogP contribution >= 0.6 is 0 Å². The fourth-order valence-electron chi connectivity index (χ4n) is 3.25. The summed E-state index contributed by atoms with van der Waals surface area (Å²) >= 11 is 0. The van der Waals surface area contributed by atoms with E-state index in [1.54, 1.807) is 6.20 Å². The van der Waals surface area contributed by atoms with Gasteiger partial charge >= 0.3 is 5.97 Å². The summed E-state index contributed by atoms with van der Waals surface area (Å²) in [6, 6.07) is 3.82. The molecule has 0 aliphatic heterocycles. The lowest BCUT2D eigenvalue weighted by Crippen LogP contribution is -2.56. The van der Waals surface area contributed by atoms with Gasteiger partial charge in [0, 0.05) is 30.1 Å². The van der Waals surface area contributed by atoms with E-state index in [0.29, 0.717) is 6.42 Å². The van der Waals surface area contributed by atoms with Gasteiger partial charge in [-0.05, 0) is 31.4 Å². The highest BCUT2D eigenvalue weighted by molar-refractivity contribution is 5.92. The zero-order chi connectivity index (χ0) is 24.5. The number of aliphatic imine (C=N–C) groups is 1. The number of carboxylic acids is 1. The quantitative estimate of drug-likeness (QED) is 0.105. The van der Waals surface area contributed by atoms with Crippen molar-refractivity contribution in [1.29, 1.82) is 0 Å². The number of hydrogen-bond donors (Lipinski definition) is 8.